The Morgan fingerprint density at radius 1 is 1.13 bits per heavy atom. The summed E-state index contributed by atoms with van der Waals surface area (Å²) in [5.74, 6) is 0. The molecule has 2 atom stereocenters. The third-order valence-electron chi connectivity index (χ3n) is 6.04. The second kappa shape index (κ2) is 9.51. The Hall–Kier alpha value is -2.88. The van der Waals surface area contributed by atoms with Gasteiger partial charge in [0.05, 0.1) is 36.5 Å². The van der Waals surface area contributed by atoms with Crippen LogP contribution in [-0.2, 0) is 26.2 Å². The summed E-state index contributed by atoms with van der Waals surface area (Å²) in [6.07, 6.45) is 0.376. The number of amides is 1. The molecular weight excluding hydrogens is 392 g/mol. The van der Waals surface area contributed by atoms with Crippen LogP contribution < -0.4 is 4.90 Å². The first-order chi connectivity index (χ1) is 14.9. The topological polar surface area (TPSA) is 71.8 Å². The third kappa shape index (κ3) is 4.58. The molecule has 2 aromatic rings. The lowest BCUT2D eigenvalue weighted by atomic mass is 9.73. The van der Waals surface area contributed by atoms with Crippen molar-refractivity contribution in [2.24, 2.45) is 0 Å². The van der Waals surface area contributed by atoms with E-state index in [0.717, 1.165) is 16.8 Å². The molecule has 6 nitrogen and oxygen atoms in total. The minimum Gasteiger partial charge on any atom is -0.452 e. The number of carbonyl (C=O) groups is 1. The highest BCUT2D eigenvalue weighted by Gasteiger charge is 2.54. The van der Waals surface area contributed by atoms with Gasteiger partial charge in [0.15, 0.2) is 6.23 Å². The van der Waals surface area contributed by atoms with Crippen LogP contribution in [0.3, 0.4) is 0 Å². The molecule has 2 aromatic carbocycles. The molecule has 3 rings (SSSR count). The van der Waals surface area contributed by atoms with Gasteiger partial charge in [-0.2, -0.15) is 5.26 Å². The molecule has 0 spiro atoms. The van der Waals surface area contributed by atoms with Crippen LogP contribution in [0.2, 0.25) is 0 Å². The van der Waals surface area contributed by atoms with E-state index in [1.807, 2.05) is 54.6 Å². The van der Waals surface area contributed by atoms with E-state index < -0.39 is 23.3 Å². The van der Waals surface area contributed by atoms with Crippen LogP contribution >= 0.6 is 0 Å². The highest BCUT2D eigenvalue weighted by atomic mass is 16.6. The van der Waals surface area contributed by atoms with E-state index in [1.165, 1.54) is 12.0 Å². The smallest absolute Gasteiger partial charge is 0.416 e. The van der Waals surface area contributed by atoms with Crippen molar-refractivity contribution in [3.63, 3.8) is 0 Å². The maximum atomic E-state index is 12.6. The summed E-state index contributed by atoms with van der Waals surface area (Å²) < 4.78 is 17.1. The molecule has 2 unspecified atom stereocenters. The SMILES string of the molecule is COC(=O)N1c2ccccc2C(CC#N)(CCC(C)(C)OCc2ccccc2)C1OC. The van der Waals surface area contributed by atoms with Gasteiger partial charge in [0.2, 0.25) is 0 Å². The number of carbonyl (C=O) groups excluding carboxylic acids is 1. The molecule has 1 aliphatic heterocycles. The molecule has 0 radical (unpaired) electrons. The standard InChI is InChI=1S/C25H30N2O4/c1-24(2,31-18-19-10-6-5-7-11-19)14-15-25(16-17-26)20-12-8-9-13-21(20)27(22(25)29-3)23(28)30-4/h5-13,22H,14-16,18H2,1-4H3. The van der Waals surface area contributed by atoms with Gasteiger partial charge in [-0.15, -0.1) is 0 Å². The molecule has 0 aliphatic carbocycles. The van der Waals surface area contributed by atoms with Crippen LogP contribution in [0.5, 0.6) is 0 Å². The van der Waals surface area contributed by atoms with Gasteiger partial charge in [0.1, 0.15) is 0 Å². The number of nitriles is 1. The van der Waals surface area contributed by atoms with E-state index in [2.05, 4.69) is 19.9 Å². The third-order valence-corrected chi connectivity index (χ3v) is 6.04. The number of benzene rings is 2. The first-order valence-corrected chi connectivity index (χ1v) is 10.4. The highest BCUT2D eigenvalue weighted by molar-refractivity contribution is 5.92. The van der Waals surface area contributed by atoms with Gasteiger partial charge >= 0.3 is 6.09 Å². The number of nitrogens with zero attached hydrogens (tertiary/aromatic N) is 2. The van der Waals surface area contributed by atoms with Gasteiger partial charge in [0.25, 0.3) is 0 Å². The summed E-state index contributed by atoms with van der Waals surface area (Å²) in [5.41, 5.74) is 1.65. The summed E-state index contributed by atoms with van der Waals surface area (Å²) in [6.45, 7) is 4.62. The number of ether oxygens (including phenoxy) is 3. The average molecular weight is 423 g/mol. The zero-order valence-electron chi connectivity index (χ0n) is 18.6. The maximum Gasteiger partial charge on any atom is 0.416 e. The minimum absolute atomic E-state index is 0.213. The molecule has 0 aromatic heterocycles. The molecule has 0 bridgehead atoms. The molecule has 0 saturated heterocycles. The van der Waals surface area contributed by atoms with Gasteiger partial charge in [-0.25, -0.2) is 9.69 Å². The lowest BCUT2D eigenvalue weighted by Crippen LogP contribution is -2.49. The molecule has 1 aliphatic rings. The van der Waals surface area contributed by atoms with E-state index in [0.29, 0.717) is 19.4 Å². The van der Waals surface area contributed by atoms with E-state index in [4.69, 9.17) is 14.2 Å². The van der Waals surface area contributed by atoms with Crippen molar-refractivity contribution in [3.05, 3.63) is 65.7 Å². The fraction of sp³-hybridized carbons (Fsp3) is 0.440. The Labute approximate surface area is 184 Å². The Morgan fingerprint density at radius 2 is 1.81 bits per heavy atom. The summed E-state index contributed by atoms with van der Waals surface area (Å²) in [5, 5.41) is 9.72. The molecule has 1 amide bonds. The molecular formula is C25H30N2O4. The first kappa shape index (κ1) is 22.8. The predicted octanol–water partition coefficient (Wildman–Crippen LogP) is 5.17. The Morgan fingerprint density at radius 3 is 2.45 bits per heavy atom. The number of hydrogen-bond acceptors (Lipinski definition) is 5. The number of para-hydroxylation sites is 1. The molecule has 0 saturated carbocycles. The number of rotatable bonds is 8. The van der Waals surface area contributed by atoms with Gasteiger partial charge in [-0.05, 0) is 43.9 Å². The normalized spacial score (nSPS) is 20.2. The Balaban J connectivity index is 1.88. The van der Waals surface area contributed by atoms with Gasteiger partial charge in [-0.1, -0.05) is 48.5 Å². The van der Waals surface area contributed by atoms with Crippen LogP contribution in [0.1, 0.15) is 44.2 Å². The first-order valence-electron chi connectivity index (χ1n) is 10.4. The molecule has 164 valence electrons. The van der Waals surface area contributed by atoms with Gasteiger partial charge < -0.3 is 14.2 Å². The van der Waals surface area contributed by atoms with E-state index in [1.54, 1.807) is 7.11 Å². The predicted molar refractivity (Wildman–Crippen MR) is 119 cm³/mol. The van der Waals surface area contributed by atoms with E-state index in [-0.39, 0.29) is 6.42 Å². The fourth-order valence-corrected chi connectivity index (χ4v) is 4.35. The lowest BCUT2D eigenvalue weighted by molar-refractivity contribution is -0.0468. The van der Waals surface area contributed by atoms with Gasteiger partial charge in [0, 0.05) is 13.5 Å². The van der Waals surface area contributed by atoms with E-state index in [9.17, 15) is 10.1 Å². The second-order valence-electron chi connectivity index (χ2n) is 8.47. The number of hydrogen-bond donors (Lipinski definition) is 0. The molecule has 31 heavy (non-hydrogen) atoms. The van der Waals surface area contributed by atoms with Crippen molar-refractivity contribution in [2.75, 3.05) is 19.1 Å². The quantitative estimate of drug-likeness (QED) is 0.587. The monoisotopic (exact) mass is 422 g/mol. The van der Waals surface area contributed by atoms with Crippen molar-refractivity contribution in [3.8, 4) is 6.07 Å². The minimum atomic E-state index is -0.679. The van der Waals surface area contributed by atoms with Crippen molar-refractivity contribution in [2.45, 2.75) is 57.0 Å². The van der Waals surface area contributed by atoms with Crippen LogP contribution in [0.4, 0.5) is 10.5 Å². The van der Waals surface area contributed by atoms with Crippen molar-refractivity contribution >= 4 is 11.8 Å². The maximum absolute atomic E-state index is 12.6. The molecule has 0 N–H and O–H groups in total. The zero-order chi connectivity index (χ0) is 22.5. The van der Waals surface area contributed by atoms with Crippen LogP contribution in [0.15, 0.2) is 54.6 Å². The largest absolute Gasteiger partial charge is 0.452 e. The van der Waals surface area contributed by atoms with Crippen molar-refractivity contribution in [1.82, 2.24) is 0 Å². The van der Waals surface area contributed by atoms with Crippen LogP contribution in [-0.4, -0.2) is 32.1 Å². The summed E-state index contributed by atoms with van der Waals surface area (Å²) in [4.78, 5) is 14.1. The average Bonchev–Trinajstić information content (AvgIpc) is 3.07. The molecule has 6 heteroatoms. The lowest BCUT2D eigenvalue weighted by Gasteiger charge is -2.38. The van der Waals surface area contributed by atoms with E-state index >= 15 is 0 Å². The van der Waals surface area contributed by atoms with Crippen molar-refractivity contribution < 1.29 is 19.0 Å². The number of methoxy groups -OCH3 is 2. The van der Waals surface area contributed by atoms with Crippen LogP contribution in [0, 0.1) is 11.3 Å². The van der Waals surface area contributed by atoms with Crippen molar-refractivity contribution in [1.29, 1.82) is 5.26 Å². The summed E-state index contributed by atoms with van der Waals surface area (Å²) in [6, 6.07) is 20.0. The second-order valence-corrected chi connectivity index (χ2v) is 8.47. The van der Waals surface area contributed by atoms with Gasteiger partial charge in [-0.3, -0.25) is 0 Å². The summed E-state index contributed by atoms with van der Waals surface area (Å²) in [7, 11) is 2.91. The van der Waals surface area contributed by atoms with Crippen LogP contribution in [0.25, 0.3) is 0 Å². The highest BCUT2D eigenvalue weighted by Crippen LogP contribution is 2.51. The number of anilines is 1. The molecule has 1 heterocycles. The Bertz CT molecular complexity index is 938. The number of fused-ring (bicyclic) bond motifs is 1. The fourth-order valence-electron chi connectivity index (χ4n) is 4.35. The molecule has 0 fully saturated rings. The summed E-state index contributed by atoms with van der Waals surface area (Å²) >= 11 is 0. The Kier molecular flexibility index (Phi) is 6.99. The zero-order valence-corrected chi connectivity index (χ0v) is 18.6.